The number of nitrogens with zero attached hydrogens (tertiary/aromatic N) is 2. The van der Waals surface area contributed by atoms with Gasteiger partial charge in [-0.2, -0.15) is 0 Å². The van der Waals surface area contributed by atoms with E-state index < -0.39 is 0 Å². The highest BCUT2D eigenvalue weighted by Gasteiger charge is 2.07. The fourth-order valence-electron chi connectivity index (χ4n) is 2.77. The van der Waals surface area contributed by atoms with Crippen LogP contribution in [0.15, 0.2) is 67.0 Å². The highest BCUT2D eigenvalue weighted by Crippen LogP contribution is 2.07. The van der Waals surface area contributed by atoms with Gasteiger partial charge in [-0.25, -0.2) is 4.98 Å². The van der Waals surface area contributed by atoms with E-state index in [-0.39, 0.29) is 5.91 Å². The molecule has 128 valence electrons. The van der Waals surface area contributed by atoms with Gasteiger partial charge in [0.2, 0.25) is 0 Å². The summed E-state index contributed by atoms with van der Waals surface area (Å²) in [5.74, 6) is 0.939. The molecular weight excluding hydrogens is 310 g/mol. The summed E-state index contributed by atoms with van der Waals surface area (Å²) >= 11 is 0. The number of benzene rings is 2. The summed E-state index contributed by atoms with van der Waals surface area (Å²) in [6.07, 6.45) is 5.47. The summed E-state index contributed by atoms with van der Waals surface area (Å²) in [4.78, 5) is 16.6. The lowest BCUT2D eigenvalue weighted by Gasteiger charge is -2.09. The van der Waals surface area contributed by atoms with Crippen molar-refractivity contribution in [1.82, 2.24) is 14.9 Å². The van der Waals surface area contributed by atoms with Crippen LogP contribution in [0.4, 0.5) is 0 Å². The first-order chi connectivity index (χ1) is 12.3. The van der Waals surface area contributed by atoms with Crippen molar-refractivity contribution in [3.63, 3.8) is 0 Å². The van der Waals surface area contributed by atoms with Crippen molar-refractivity contribution < 1.29 is 4.79 Å². The van der Waals surface area contributed by atoms with Crippen molar-refractivity contribution in [2.24, 2.45) is 0 Å². The van der Waals surface area contributed by atoms with Gasteiger partial charge in [0.15, 0.2) is 0 Å². The average molecular weight is 333 g/mol. The third kappa shape index (κ3) is 4.57. The molecule has 0 bridgehead atoms. The van der Waals surface area contributed by atoms with Crippen molar-refractivity contribution >= 4 is 5.91 Å². The number of carbonyl (C=O) groups is 1. The molecule has 3 rings (SSSR count). The van der Waals surface area contributed by atoms with Crippen LogP contribution in [0.5, 0.6) is 0 Å². The van der Waals surface area contributed by atoms with E-state index in [4.69, 9.17) is 0 Å². The predicted molar refractivity (Wildman–Crippen MR) is 99.6 cm³/mol. The van der Waals surface area contributed by atoms with Crippen LogP contribution < -0.4 is 5.32 Å². The molecule has 0 saturated carbocycles. The van der Waals surface area contributed by atoms with E-state index >= 15 is 0 Å². The number of aryl methyl sites for hydroxylation is 1. The van der Waals surface area contributed by atoms with Crippen molar-refractivity contribution in [2.45, 2.75) is 26.3 Å². The van der Waals surface area contributed by atoms with Gasteiger partial charge >= 0.3 is 0 Å². The second-order valence-corrected chi connectivity index (χ2v) is 6.01. The highest BCUT2D eigenvalue weighted by molar-refractivity contribution is 5.94. The Morgan fingerprint density at radius 2 is 1.80 bits per heavy atom. The van der Waals surface area contributed by atoms with Gasteiger partial charge in [0.1, 0.15) is 5.82 Å². The number of imidazole rings is 1. The minimum Gasteiger partial charge on any atom is -0.352 e. The van der Waals surface area contributed by atoms with E-state index in [9.17, 15) is 4.79 Å². The molecule has 0 spiro atoms. The maximum Gasteiger partial charge on any atom is 0.251 e. The minimum absolute atomic E-state index is 0.0381. The molecule has 0 atom stereocenters. The zero-order chi connectivity index (χ0) is 17.5. The van der Waals surface area contributed by atoms with Crippen LogP contribution >= 0.6 is 0 Å². The predicted octanol–water partition coefficient (Wildman–Crippen LogP) is 3.47. The zero-order valence-electron chi connectivity index (χ0n) is 14.5. The second kappa shape index (κ2) is 8.29. The van der Waals surface area contributed by atoms with Gasteiger partial charge in [0, 0.05) is 37.5 Å². The molecular formula is C21H23N3O. The fraction of sp³-hybridized carbons (Fsp3) is 0.238. The van der Waals surface area contributed by atoms with Crippen molar-refractivity contribution in [3.8, 4) is 0 Å². The number of amides is 1. The lowest BCUT2D eigenvalue weighted by atomic mass is 10.1. The maximum atomic E-state index is 12.2. The van der Waals surface area contributed by atoms with Crippen LogP contribution in [0, 0.1) is 0 Å². The molecule has 0 aliphatic carbocycles. The largest absolute Gasteiger partial charge is 0.352 e. The molecule has 25 heavy (non-hydrogen) atoms. The number of nitrogens with one attached hydrogen (secondary N) is 1. The van der Waals surface area contributed by atoms with E-state index in [0.717, 1.165) is 18.8 Å². The zero-order valence-corrected chi connectivity index (χ0v) is 14.5. The summed E-state index contributed by atoms with van der Waals surface area (Å²) < 4.78 is 2.12. The molecule has 0 aliphatic heterocycles. The van der Waals surface area contributed by atoms with Gasteiger partial charge in [-0.05, 0) is 29.7 Å². The van der Waals surface area contributed by atoms with Crippen LogP contribution in [0.3, 0.4) is 0 Å². The first-order valence-corrected chi connectivity index (χ1v) is 8.67. The van der Waals surface area contributed by atoms with Gasteiger partial charge < -0.3 is 9.88 Å². The van der Waals surface area contributed by atoms with Gasteiger partial charge in [-0.3, -0.25) is 4.79 Å². The molecule has 0 radical (unpaired) electrons. The normalized spacial score (nSPS) is 10.6. The van der Waals surface area contributed by atoms with E-state index in [1.165, 1.54) is 11.1 Å². The lowest BCUT2D eigenvalue weighted by molar-refractivity contribution is 0.0954. The number of hydrogen-bond acceptors (Lipinski definition) is 2. The Morgan fingerprint density at radius 1 is 1.04 bits per heavy atom. The van der Waals surface area contributed by atoms with Crippen LogP contribution in [0.25, 0.3) is 0 Å². The van der Waals surface area contributed by atoms with E-state index in [2.05, 4.69) is 33.9 Å². The molecule has 1 heterocycles. The van der Waals surface area contributed by atoms with E-state index in [0.29, 0.717) is 18.5 Å². The van der Waals surface area contributed by atoms with Gasteiger partial charge in [0.05, 0.1) is 0 Å². The molecule has 0 saturated heterocycles. The van der Waals surface area contributed by atoms with E-state index in [1.54, 1.807) is 0 Å². The smallest absolute Gasteiger partial charge is 0.251 e. The highest BCUT2D eigenvalue weighted by atomic mass is 16.1. The van der Waals surface area contributed by atoms with Crippen LogP contribution in [0.2, 0.25) is 0 Å². The van der Waals surface area contributed by atoms with E-state index in [1.807, 2.05) is 54.9 Å². The van der Waals surface area contributed by atoms with Gasteiger partial charge in [-0.1, -0.05) is 49.4 Å². The third-order valence-corrected chi connectivity index (χ3v) is 4.26. The summed E-state index contributed by atoms with van der Waals surface area (Å²) in [6, 6.07) is 18.1. The third-order valence-electron chi connectivity index (χ3n) is 4.26. The summed E-state index contributed by atoms with van der Waals surface area (Å²) in [5, 5.41) is 2.97. The SMILES string of the molecule is CCc1ccc(C(=O)NCCc2nccn2Cc2ccccc2)cc1. The number of hydrogen-bond donors (Lipinski definition) is 1. The molecule has 3 aromatic rings. The number of carbonyl (C=O) groups excluding carboxylic acids is 1. The van der Waals surface area contributed by atoms with Crippen LogP contribution in [-0.4, -0.2) is 22.0 Å². The van der Waals surface area contributed by atoms with Crippen molar-refractivity contribution in [3.05, 3.63) is 89.5 Å². The minimum atomic E-state index is -0.0381. The van der Waals surface area contributed by atoms with Crippen LogP contribution in [0.1, 0.15) is 34.2 Å². The average Bonchev–Trinajstić information content (AvgIpc) is 3.09. The Hall–Kier alpha value is -2.88. The molecule has 0 aliphatic rings. The summed E-state index contributed by atoms with van der Waals surface area (Å²) in [5.41, 5.74) is 3.17. The Balaban J connectivity index is 1.54. The standard InChI is InChI=1S/C21H23N3O/c1-2-17-8-10-19(11-9-17)21(25)23-13-12-20-22-14-15-24(20)16-18-6-4-3-5-7-18/h3-11,14-15H,2,12-13,16H2,1H3,(H,23,25). The first-order valence-electron chi connectivity index (χ1n) is 8.67. The molecule has 1 N–H and O–H groups in total. The van der Waals surface area contributed by atoms with Crippen LogP contribution in [-0.2, 0) is 19.4 Å². The molecule has 1 amide bonds. The Morgan fingerprint density at radius 3 is 2.52 bits per heavy atom. The monoisotopic (exact) mass is 333 g/mol. The van der Waals surface area contributed by atoms with Gasteiger partial charge in [-0.15, -0.1) is 0 Å². The topological polar surface area (TPSA) is 46.9 Å². The molecule has 4 heteroatoms. The molecule has 1 aromatic heterocycles. The first kappa shape index (κ1) is 17.0. The molecule has 2 aromatic carbocycles. The molecule has 0 fully saturated rings. The number of aromatic nitrogens is 2. The summed E-state index contributed by atoms with van der Waals surface area (Å²) in [6.45, 7) is 3.47. The quantitative estimate of drug-likeness (QED) is 0.720. The molecule has 4 nitrogen and oxygen atoms in total. The summed E-state index contributed by atoms with van der Waals surface area (Å²) in [7, 11) is 0. The van der Waals surface area contributed by atoms with Gasteiger partial charge in [0.25, 0.3) is 5.91 Å². The Labute approximate surface area is 148 Å². The molecule has 0 unspecified atom stereocenters. The fourth-order valence-corrected chi connectivity index (χ4v) is 2.77. The Bertz CT molecular complexity index is 807. The lowest BCUT2D eigenvalue weighted by Crippen LogP contribution is -2.26. The second-order valence-electron chi connectivity index (χ2n) is 6.01. The Kier molecular flexibility index (Phi) is 5.62. The van der Waals surface area contributed by atoms with Crippen molar-refractivity contribution in [2.75, 3.05) is 6.54 Å². The number of rotatable bonds is 7. The van der Waals surface area contributed by atoms with Crippen molar-refractivity contribution in [1.29, 1.82) is 0 Å². The maximum absolute atomic E-state index is 12.2.